The van der Waals surface area contributed by atoms with Gasteiger partial charge in [0.25, 0.3) is 5.91 Å². The fourth-order valence-corrected chi connectivity index (χ4v) is 3.01. The summed E-state index contributed by atoms with van der Waals surface area (Å²) >= 11 is 1.30. The van der Waals surface area contributed by atoms with E-state index in [2.05, 4.69) is 4.37 Å². The summed E-state index contributed by atoms with van der Waals surface area (Å²) in [5.41, 5.74) is 8.57. The van der Waals surface area contributed by atoms with Crippen molar-refractivity contribution in [2.24, 2.45) is 5.73 Å². The number of carbonyl (C=O) groups is 1. The van der Waals surface area contributed by atoms with Gasteiger partial charge in [0.1, 0.15) is 0 Å². The number of nitrogens with zero attached hydrogens (tertiary/aromatic N) is 1. The van der Waals surface area contributed by atoms with Gasteiger partial charge in [-0.15, -0.1) is 0 Å². The topological polar surface area (TPSA) is 56.0 Å². The highest BCUT2D eigenvalue weighted by Crippen LogP contribution is 2.35. The summed E-state index contributed by atoms with van der Waals surface area (Å²) in [7, 11) is 0. The van der Waals surface area contributed by atoms with Gasteiger partial charge in [-0.25, -0.2) is 0 Å². The number of hydrogen-bond donors (Lipinski definition) is 1. The van der Waals surface area contributed by atoms with Gasteiger partial charge < -0.3 is 5.73 Å². The Bertz CT molecular complexity index is 679. The van der Waals surface area contributed by atoms with Crippen molar-refractivity contribution in [3.8, 4) is 21.7 Å². The van der Waals surface area contributed by atoms with E-state index in [-0.39, 0.29) is 0 Å². The first kappa shape index (κ1) is 12.6. The lowest BCUT2D eigenvalue weighted by atomic mass is 10.0. The molecule has 3 rings (SSSR count). The maximum Gasteiger partial charge on any atom is 0.252 e. The number of aromatic nitrogens is 1. The molecule has 0 unspecified atom stereocenters. The molecular formula is C16H12N2OS. The average Bonchev–Trinajstić information content (AvgIpc) is 2.94. The van der Waals surface area contributed by atoms with Gasteiger partial charge in [0.15, 0.2) is 0 Å². The summed E-state index contributed by atoms with van der Waals surface area (Å²) in [4.78, 5) is 12.7. The number of amides is 1. The molecule has 0 aliphatic heterocycles. The molecule has 1 aromatic heterocycles. The van der Waals surface area contributed by atoms with Crippen molar-refractivity contribution < 1.29 is 4.79 Å². The van der Waals surface area contributed by atoms with Crippen LogP contribution in [0.3, 0.4) is 0 Å². The maximum absolute atomic E-state index is 11.8. The highest BCUT2D eigenvalue weighted by molar-refractivity contribution is 7.10. The van der Waals surface area contributed by atoms with E-state index in [0.29, 0.717) is 11.3 Å². The van der Waals surface area contributed by atoms with Gasteiger partial charge in [0.05, 0.1) is 16.1 Å². The molecule has 20 heavy (non-hydrogen) atoms. The second kappa shape index (κ2) is 5.27. The van der Waals surface area contributed by atoms with Crippen LogP contribution in [0.2, 0.25) is 0 Å². The number of carbonyl (C=O) groups excluding carboxylic acids is 1. The fraction of sp³-hybridized carbons (Fsp3) is 0. The molecule has 2 N–H and O–H groups in total. The number of rotatable bonds is 3. The Labute approximate surface area is 120 Å². The molecule has 3 nitrogen and oxygen atoms in total. The van der Waals surface area contributed by atoms with Crippen LogP contribution in [-0.4, -0.2) is 10.3 Å². The molecule has 0 aliphatic carbocycles. The summed E-state index contributed by atoms with van der Waals surface area (Å²) in [6, 6.07) is 19.3. The molecule has 0 aliphatic rings. The van der Waals surface area contributed by atoms with Crippen LogP contribution in [0.25, 0.3) is 21.7 Å². The Balaban J connectivity index is 2.20. The minimum Gasteiger partial charge on any atom is -0.365 e. The zero-order chi connectivity index (χ0) is 13.9. The Kier molecular flexibility index (Phi) is 3.31. The van der Waals surface area contributed by atoms with Crippen LogP contribution in [0.5, 0.6) is 0 Å². The van der Waals surface area contributed by atoms with Gasteiger partial charge in [-0.3, -0.25) is 4.79 Å². The number of primary amides is 1. The molecule has 0 saturated carbocycles. The third-order valence-corrected chi connectivity index (χ3v) is 3.92. The van der Waals surface area contributed by atoms with Crippen LogP contribution in [0.15, 0.2) is 60.7 Å². The standard InChI is InChI=1S/C16H12N2OS/c17-16(19)13-14(11-7-3-1-4-8-11)18-20-15(13)12-9-5-2-6-10-12/h1-10H,(H2,17,19). The largest absolute Gasteiger partial charge is 0.365 e. The smallest absolute Gasteiger partial charge is 0.252 e. The number of hydrogen-bond acceptors (Lipinski definition) is 3. The van der Waals surface area contributed by atoms with Crippen molar-refractivity contribution in [3.63, 3.8) is 0 Å². The SMILES string of the molecule is NC(=O)c1c(-c2ccccc2)nsc1-c1ccccc1. The molecule has 1 heterocycles. The van der Waals surface area contributed by atoms with Gasteiger partial charge in [0.2, 0.25) is 0 Å². The fourth-order valence-electron chi connectivity index (χ4n) is 2.10. The molecular weight excluding hydrogens is 268 g/mol. The zero-order valence-electron chi connectivity index (χ0n) is 10.6. The summed E-state index contributed by atoms with van der Waals surface area (Å²) in [5.74, 6) is -0.448. The molecule has 0 bridgehead atoms. The molecule has 0 radical (unpaired) electrons. The van der Waals surface area contributed by atoms with Gasteiger partial charge in [-0.2, -0.15) is 4.37 Å². The van der Waals surface area contributed by atoms with Gasteiger partial charge in [-0.05, 0) is 17.1 Å². The first-order valence-electron chi connectivity index (χ1n) is 6.17. The second-order valence-corrected chi connectivity index (χ2v) is 5.11. The molecule has 2 aromatic carbocycles. The maximum atomic E-state index is 11.8. The third-order valence-electron chi connectivity index (χ3n) is 3.02. The van der Waals surface area contributed by atoms with E-state index in [1.54, 1.807) is 0 Å². The van der Waals surface area contributed by atoms with E-state index < -0.39 is 5.91 Å². The van der Waals surface area contributed by atoms with Crippen LogP contribution >= 0.6 is 11.5 Å². The summed E-state index contributed by atoms with van der Waals surface area (Å²) < 4.78 is 4.42. The van der Waals surface area contributed by atoms with Crippen LogP contribution in [0, 0.1) is 0 Å². The summed E-state index contributed by atoms with van der Waals surface area (Å²) in [6.45, 7) is 0. The molecule has 4 heteroatoms. The van der Waals surface area contributed by atoms with Crippen molar-refractivity contribution in [1.82, 2.24) is 4.37 Å². The van der Waals surface area contributed by atoms with E-state index >= 15 is 0 Å². The lowest BCUT2D eigenvalue weighted by molar-refractivity contribution is 0.100. The second-order valence-electron chi connectivity index (χ2n) is 4.33. The monoisotopic (exact) mass is 280 g/mol. The van der Waals surface area contributed by atoms with Gasteiger partial charge >= 0.3 is 0 Å². The predicted octanol–water partition coefficient (Wildman–Crippen LogP) is 3.58. The Morgan fingerprint density at radius 2 is 1.45 bits per heavy atom. The Morgan fingerprint density at radius 3 is 2.00 bits per heavy atom. The molecule has 0 atom stereocenters. The van der Waals surface area contributed by atoms with Crippen molar-refractivity contribution >= 4 is 17.4 Å². The van der Waals surface area contributed by atoms with E-state index in [1.807, 2.05) is 60.7 Å². The molecule has 0 fully saturated rings. The predicted molar refractivity (Wildman–Crippen MR) is 81.5 cm³/mol. The summed E-state index contributed by atoms with van der Waals surface area (Å²) in [6.07, 6.45) is 0. The van der Waals surface area contributed by atoms with Crippen LogP contribution in [-0.2, 0) is 0 Å². The normalized spacial score (nSPS) is 10.4. The van der Waals surface area contributed by atoms with Crippen LogP contribution in [0.1, 0.15) is 10.4 Å². The Morgan fingerprint density at radius 1 is 0.900 bits per heavy atom. The minimum absolute atomic E-state index is 0.448. The van der Waals surface area contributed by atoms with Crippen molar-refractivity contribution in [1.29, 1.82) is 0 Å². The van der Waals surface area contributed by atoms with E-state index in [9.17, 15) is 4.79 Å². The molecule has 98 valence electrons. The quantitative estimate of drug-likeness (QED) is 0.797. The molecule has 1 amide bonds. The molecule has 0 spiro atoms. The summed E-state index contributed by atoms with van der Waals surface area (Å²) in [5, 5.41) is 0. The van der Waals surface area contributed by atoms with Crippen molar-refractivity contribution in [3.05, 3.63) is 66.2 Å². The van der Waals surface area contributed by atoms with Crippen LogP contribution in [0.4, 0.5) is 0 Å². The lowest BCUT2D eigenvalue weighted by Gasteiger charge is -2.02. The molecule has 0 saturated heterocycles. The van der Waals surface area contributed by atoms with Gasteiger partial charge in [0, 0.05) is 5.56 Å². The lowest BCUT2D eigenvalue weighted by Crippen LogP contribution is -2.12. The highest BCUT2D eigenvalue weighted by atomic mass is 32.1. The zero-order valence-corrected chi connectivity index (χ0v) is 11.4. The van der Waals surface area contributed by atoms with Crippen molar-refractivity contribution in [2.75, 3.05) is 0 Å². The van der Waals surface area contributed by atoms with E-state index in [1.165, 1.54) is 11.5 Å². The average molecular weight is 280 g/mol. The third kappa shape index (κ3) is 2.21. The van der Waals surface area contributed by atoms with Crippen LogP contribution < -0.4 is 5.73 Å². The minimum atomic E-state index is -0.448. The first-order valence-corrected chi connectivity index (χ1v) is 6.95. The molecule has 3 aromatic rings. The van der Waals surface area contributed by atoms with E-state index in [4.69, 9.17) is 5.73 Å². The highest BCUT2D eigenvalue weighted by Gasteiger charge is 2.20. The van der Waals surface area contributed by atoms with Crippen molar-refractivity contribution in [2.45, 2.75) is 0 Å². The first-order chi connectivity index (χ1) is 9.77. The number of nitrogens with two attached hydrogens (primary N) is 1. The number of benzene rings is 2. The van der Waals surface area contributed by atoms with E-state index in [0.717, 1.165) is 16.0 Å². The van der Waals surface area contributed by atoms with Gasteiger partial charge in [-0.1, -0.05) is 60.7 Å². The Hall–Kier alpha value is -2.46.